The molecule has 0 saturated carbocycles. The van der Waals surface area contributed by atoms with Gasteiger partial charge in [-0.15, -0.1) is 0 Å². The molecule has 0 fully saturated rings. The van der Waals surface area contributed by atoms with Gasteiger partial charge in [0.1, 0.15) is 11.8 Å². The molecular weight excluding hydrogens is 372 g/mol. The number of nitrogens with zero attached hydrogens (tertiary/aromatic N) is 2. The van der Waals surface area contributed by atoms with Crippen LogP contribution in [-0.4, -0.2) is 33.6 Å². The van der Waals surface area contributed by atoms with E-state index in [0.29, 0.717) is 25.1 Å². The molecule has 150 valence electrons. The monoisotopic (exact) mass is 394 g/mol. The average molecular weight is 394 g/mol. The van der Waals surface area contributed by atoms with Crippen LogP contribution in [0.15, 0.2) is 53.1 Å². The zero-order valence-electron chi connectivity index (χ0n) is 16.0. The molecule has 2 amide bonds. The number of carbonyl (C=O) groups is 2. The van der Waals surface area contributed by atoms with Crippen LogP contribution in [0.4, 0.5) is 0 Å². The first-order chi connectivity index (χ1) is 14.0. The van der Waals surface area contributed by atoms with E-state index in [1.165, 1.54) is 0 Å². The summed E-state index contributed by atoms with van der Waals surface area (Å²) in [5.74, 6) is 0.600. The van der Waals surface area contributed by atoms with Gasteiger partial charge in [-0.05, 0) is 35.7 Å². The molecule has 8 heteroatoms. The van der Waals surface area contributed by atoms with Gasteiger partial charge in [-0.25, -0.2) is 0 Å². The molecule has 0 aliphatic rings. The van der Waals surface area contributed by atoms with Crippen molar-refractivity contribution in [3.8, 4) is 5.75 Å². The summed E-state index contributed by atoms with van der Waals surface area (Å²) in [6, 6.07) is 13.9. The highest BCUT2D eigenvalue weighted by atomic mass is 16.5. The minimum Gasteiger partial charge on any atom is -0.508 e. The van der Waals surface area contributed by atoms with E-state index in [1.807, 2.05) is 37.3 Å². The molecule has 1 heterocycles. The minimum atomic E-state index is -0.762. The Labute approximate surface area is 168 Å². The van der Waals surface area contributed by atoms with Crippen LogP contribution < -0.4 is 10.6 Å². The lowest BCUT2D eigenvalue weighted by Gasteiger charge is -2.16. The number of aryl methyl sites for hydroxylation is 1. The topological polar surface area (TPSA) is 117 Å². The van der Waals surface area contributed by atoms with E-state index in [1.54, 1.807) is 18.2 Å². The number of aromatic nitrogens is 2. The highest BCUT2D eigenvalue weighted by Gasteiger charge is 2.20. The van der Waals surface area contributed by atoms with Crippen LogP contribution in [0.3, 0.4) is 0 Å². The lowest BCUT2D eigenvalue weighted by Crippen LogP contribution is -2.45. The Hall–Kier alpha value is -3.68. The van der Waals surface area contributed by atoms with Crippen molar-refractivity contribution in [2.24, 2.45) is 0 Å². The number of amides is 2. The average Bonchev–Trinajstić information content (AvgIpc) is 3.15. The van der Waals surface area contributed by atoms with E-state index in [0.717, 1.165) is 16.7 Å². The van der Waals surface area contributed by atoms with Gasteiger partial charge in [0.15, 0.2) is 5.82 Å². The van der Waals surface area contributed by atoms with Crippen LogP contribution in [-0.2, 0) is 29.0 Å². The summed E-state index contributed by atoms with van der Waals surface area (Å²) >= 11 is 0. The summed E-state index contributed by atoms with van der Waals surface area (Å²) in [5, 5.41) is 18.7. The van der Waals surface area contributed by atoms with Crippen molar-refractivity contribution in [3.05, 3.63) is 76.9 Å². The number of aromatic hydroxyl groups is 1. The van der Waals surface area contributed by atoms with Crippen molar-refractivity contribution >= 4 is 12.3 Å². The van der Waals surface area contributed by atoms with E-state index in [-0.39, 0.29) is 24.1 Å². The van der Waals surface area contributed by atoms with E-state index >= 15 is 0 Å². The predicted octanol–water partition coefficient (Wildman–Crippen LogP) is 1.65. The maximum absolute atomic E-state index is 12.5. The molecular formula is C21H22N4O4. The summed E-state index contributed by atoms with van der Waals surface area (Å²) in [4.78, 5) is 27.7. The second kappa shape index (κ2) is 9.50. The Morgan fingerprint density at radius 3 is 2.76 bits per heavy atom. The number of phenolic OH excluding ortho intramolecular Hbond substituents is 1. The molecule has 3 rings (SSSR count). The molecule has 1 atom stereocenters. The zero-order chi connectivity index (χ0) is 20.6. The molecule has 0 aliphatic heterocycles. The normalized spacial score (nSPS) is 11.6. The molecule has 0 radical (unpaired) electrons. The fraction of sp³-hybridized carbons (Fsp3) is 0.238. The Morgan fingerprint density at radius 1 is 1.24 bits per heavy atom. The molecule has 0 aliphatic carbocycles. The smallest absolute Gasteiger partial charge is 0.246 e. The van der Waals surface area contributed by atoms with Crippen molar-refractivity contribution in [2.75, 3.05) is 0 Å². The fourth-order valence-corrected chi connectivity index (χ4v) is 2.94. The number of hydrogen-bond acceptors (Lipinski definition) is 6. The van der Waals surface area contributed by atoms with Gasteiger partial charge in [0.2, 0.25) is 18.2 Å². The number of phenols is 1. The SMILES string of the molecule is Cc1cc(O)ccc1CC(NC=O)C(=O)NCc1nc(Cc2ccccc2)no1. The number of carbonyl (C=O) groups excluding carboxylic acids is 2. The maximum Gasteiger partial charge on any atom is 0.246 e. The molecule has 3 aromatic rings. The Morgan fingerprint density at radius 2 is 2.03 bits per heavy atom. The molecule has 8 nitrogen and oxygen atoms in total. The van der Waals surface area contributed by atoms with E-state index in [9.17, 15) is 14.7 Å². The van der Waals surface area contributed by atoms with Gasteiger partial charge in [0.05, 0.1) is 6.54 Å². The number of hydrogen-bond donors (Lipinski definition) is 3. The number of rotatable bonds is 9. The van der Waals surface area contributed by atoms with E-state index < -0.39 is 6.04 Å². The first kappa shape index (κ1) is 20.1. The second-order valence-electron chi connectivity index (χ2n) is 6.64. The van der Waals surface area contributed by atoms with E-state index in [2.05, 4.69) is 20.8 Å². The standard InChI is InChI=1S/C21H22N4O4/c1-14-9-17(27)8-7-16(14)11-18(23-13-26)21(28)22-12-20-24-19(25-29-20)10-15-5-3-2-4-6-15/h2-9,13,18,27H,10-12H2,1H3,(H,22,28)(H,23,26). The summed E-state index contributed by atoms with van der Waals surface area (Å²) < 4.78 is 5.18. The fourth-order valence-electron chi connectivity index (χ4n) is 2.94. The molecule has 0 bridgehead atoms. The molecule has 0 saturated heterocycles. The van der Waals surface area contributed by atoms with Crippen molar-refractivity contribution < 1.29 is 19.2 Å². The maximum atomic E-state index is 12.5. The van der Waals surface area contributed by atoms with Crippen LogP contribution >= 0.6 is 0 Å². The second-order valence-corrected chi connectivity index (χ2v) is 6.64. The minimum absolute atomic E-state index is 0.0617. The van der Waals surface area contributed by atoms with Gasteiger partial charge in [-0.2, -0.15) is 4.98 Å². The summed E-state index contributed by atoms with van der Waals surface area (Å²) in [7, 11) is 0. The van der Waals surface area contributed by atoms with Gasteiger partial charge >= 0.3 is 0 Å². The van der Waals surface area contributed by atoms with E-state index in [4.69, 9.17) is 4.52 Å². The largest absolute Gasteiger partial charge is 0.508 e. The third-order valence-electron chi connectivity index (χ3n) is 4.46. The van der Waals surface area contributed by atoms with Crippen LogP contribution in [0.5, 0.6) is 5.75 Å². The Balaban J connectivity index is 1.58. The van der Waals surface area contributed by atoms with Gasteiger partial charge < -0.3 is 20.3 Å². The molecule has 0 spiro atoms. The van der Waals surface area contributed by atoms with Crippen molar-refractivity contribution in [3.63, 3.8) is 0 Å². The number of benzene rings is 2. The molecule has 1 unspecified atom stereocenters. The van der Waals surface area contributed by atoms with Crippen molar-refractivity contribution in [2.45, 2.75) is 32.4 Å². The van der Waals surface area contributed by atoms with Gasteiger partial charge in [0, 0.05) is 12.8 Å². The third-order valence-corrected chi connectivity index (χ3v) is 4.46. The van der Waals surface area contributed by atoms with Crippen LogP contribution in [0, 0.1) is 6.92 Å². The quantitative estimate of drug-likeness (QED) is 0.475. The summed E-state index contributed by atoms with van der Waals surface area (Å²) in [6.07, 6.45) is 1.32. The Kier molecular flexibility index (Phi) is 6.57. The zero-order valence-corrected chi connectivity index (χ0v) is 16.0. The summed E-state index contributed by atoms with van der Waals surface area (Å²) in [6.45, 7) is 1.89. The summed E-state index contributed by atoms with van der Waals surface area (Å²) in [5.41, 5.74) is 2.74. The van der Waals surface area contributed by atoms with Crippen LogP contribution in [0.25, 0.3) is 0 Å². The molecule has 1 aromatic heterocycles. The third kappa shape index (κ3) is 5.65. The molecule has 29 heavy (non-hydrogen) atoms. The highest BCUT2D eigenvalue weighted by molar-refractivity contribution is 5.83. The highest BCUT2D eigenvalue weighted by Crippen LogP contribution is 2.17. The van der Waals surface area contributed by atoms with Gasteiger partial charge in [-0.3, -0.25) is 9.59 Å². The predicted molar refractivity (Wildman–Crippen MR) is 105 cm³/mol. The first-order valence-corrected chi connectivity index (χ1v) is 9.16. The van der Waals surface area contributed by atoms with Crippen molar-refractivity contribution in [1.82, 2.24) is 20.8 Å². The first-order valence-electron chi connectivity index (χ1n) is 9.16. The van der Waals surface area contributed by atoms with Crippen LogP contribution in [0.1, 0.15) is 28.4 Å². The molecule has 3 N–H and O–H groups in total. The lowest BCUT2D eigenvalue weighted by atomic mass is 10.0. The molecule has 2 aromatic carbocycles. The Bertz CT molecular complexity index is 972. The van der Waals surface area contributed by atoms with Gasteiger partial charge in [-0.1, -0.05) is 41.6 Å². The van der Waals surface area contributed by atoms with Crippen LogP contribution in [0.2, 0.25) is 0 Å². The lowest BCUT2D eigenvalue weighted by molar-refractivity contribution is -0.125. The van der Waals surface area contributed by atoms with Gasteiger partial charge in [0.25, 0.3) is 0 Å². The van der Waals surface area contributed by atoms with Crippen molar-refractivity contribution in [1.29, 1.82) is 0 Å². The number of nitrogens with one attached hydrogen (secondary N) is 2.